The highest BCUT2D eigenvalue weighted by molar-refractivity contribution is 5.94. The summed E-state index contributed by atoms with van der Waals surface area (Å²) in [5, 5.41) is 7.61. The fourth-order valence-corrected chi connectivity index (χ4v) is 5.29. The number of aryl methyl sites for hydroxylation is 1. The average Bonchev–Trinajstić information content (AvgIpc) is 3.12. The summed E-state index contributed by atoms with van der Waals surface area (Å²) >= 11 is 0. The van der Waals surface area contributed by atoms with Crippen molar-refractivity contribution in [3.8, 4) is 0 Å². The largest absolute Gasteiger partial charge is 0.349 e. The second-order valence-electron chi connectivity index (χ2n) is 11.0. The molecule has 1 aromatic rings. The summed E-state index contributed by atoms with van der Waals surface area (Å²) in [6.45, 7) is 12.1. The first kappa shape index (κ1) is 27.2. The van der Waals surface area contributed by atoms with E-state index in [1.165, 1.54) is 0 Å². The van der Waals surface area contributed by atoms with Gasteiger partial charge in [0.2, 0.25) is 11.8 Å². The molecule has 35 heavy (non-hydrogen) atoms. The maximum atomic E-state index is 13.3. The van der Waals surface area contributed by atoms with Crippen LogP contribution >= 0.6 is 0 Å². The minimum atomic E-state index is -0.149. The van der Waals surface area contributed by atoms with E-state index in [9.17, 15) is 14.4 Å². The van der Waals surface area contributed by atoms with Gasteiger partial charge in [-0.05, 0) is 44.1 Å². The van der Waals surface area contributed by atoms with Crippen molar-refractivity contribution >= 4 is 17.7 Å². The molecule has 2 aliphatic rings. The van der Waals surface area contributed by atoms with Gasteiger partial charge in [-0.1, -0.05) is 27.7 Å². The molecule has 1 atom stereocenters. The molecule has 9 heteroatoms. The van der Waals surface area contributed by atoms with Crippen LogP contribution in [0, 0.1) is 11.8 Å². The lowest BCUT2D eigenvalue weighted by atomic mass is 9.90. The maximum absolute atomic E-state index is 13.3. The van der Waals surface area contributed by atoms with E-state index in [2.05, 4.69) is 43.0 Å². The van der Waals surface area contributed by atoms with Crippen LogP contribution in [0.25, 0.3) is 0 Å². The molecule has 0 radical (unpaired) electrons. The first-order valence-corrected chi connectivity index (χ1v) is 13.2. The van der Waals surface area contributed by atoms with Gasteiger partial charge in [0.15, 0.2) is 5.69 Å². The Kier molecular flexibility index (Phi) is 9.33. The number of rotatable bonds is 4. The van der Waals surface area contributed by atoms with Gasteiger partial charge < -0.3 is 20.0 Å². The van der Waals surface area contributed by atoms with Crippen molar-refractivity contribution in [3.63, 3.8) is 0 Å². The first-order valence-electron chi connectivity index (χ1n) is 13.2. The van der Waals surface area contributed by atoms with Crippen molar-refractivity contribution in [1.82, 2.24) is 29.8 Å². The van der Waals surface area contributed by atoms with Gasteiger partial charge in [-0.2, -0.15) is 5.10 Å². The summed E-state index contributed by atoms with van der Waals surface area (Å²) in [6.07, 6.45) is 3.34. The molecule has 3 rings (SSSR count). The molecule has 1 aromatic heterocycles. The summed E-state index contributed by atoms with van der Waals surface area (Å²) in [7, 11) is 3.71. The van der Waals surface area contributed by atoms with Gasteiger partial charge in [0.25, 0.3) is 5.91 Å². The maximum Gasteiger partial charge on any atom is 0.272 e. The molecule has 0 fully saturated rings. The number of carbonyl (C=O) groups is 3. The van der Waals surface area contributed by atoms with Gasteiger partial charge in [0, 0.05) is 64.0 Å². The van der Waals surface area contributed by atoms with Gasteiger partial charge in [0.05, 0.1) is 6.54 Å². The summed E-state index contributed by atoms with van der Waals surface area (Å²) in [6, 6.07) is -0.0148. The molecule has 0 saturated carbocycles. The highest BCUT2D eigenvalue weighted by Gasteiger charge is 2.32. The zero-order valence-corrected chi connectivity index (χ0v) is 22.5. The van der Waals surface area contributed by atoms with Crippen LogP contribution in [-0.4, -0.2) is 94.6 Å². The van der Waals surface area contributed by atoms with Crippen molar-refractivity contribution in [2.75, 3.05) is 46.3 Å². The molecule has 196 valence electrons. The summed E-state index contributed by atoms with van der Waals surface area (Å²) in [5.74, 6) is 0.622. The number of amides is 3. The van der Waals surface area contributed by atoms with Crippen molar-refractivity contribution in [3.05, 3.63) is 17.0 Å². The van der Waals surface area contributed by atoms with E-state index >= 15 is 0 Å². The van der Waals surface area contributed by atoms with Crippen LogP contribution in [0.1, 0.15) is 68.7 Å². The van der Waals surface area contributed by atoms with Crippen molar-refractivity contribution in [2.24, 2.45) is 18.9 Å². The Morgan fingerprint density at radius 1 is 0.971 bits per heavy atom. The summed E-state index contributed by atoms with van der Waals surface area (Å²) < 4.78 is 1.81. The summed E-state index contributed by atoms with van der Waals surface area (Å²) in [4.78, 5) is 45.3. The smallest absolute Gasteiger partial charge is 0.272 e. The number of fused-ring (bicyclic) bond motifs is 1. The first-order chi connectivity index (χ1) is 16.6. The topological polar surface area (TPSA) is 90.8 Å². The Morgan fingerprint density at radius 3 is 2.37 bits per heavy atom. The lowest BCUT2D eigenvalue weighted by Gasteiger charge is -2.34. The fourth-order valence-electron chi connectivity index (χ4n) is 5.29. The number of carbonyl (C=O) groups excluding carboxylic acids is 3. The van der Waals surface area contributed by atoms with Gasteiger partial charge in [-0.15, -0.1) is 0 Å². The van der Waals surface area contributed by atoms with E-state index < -0.39 is 0 Å². The van der Waals surface area contributed by atoms with Gasteiger partial charge >= 0.3 is 0 Å². The van der Waals surface area contributed by atoms with Gasteiger partial charge in [-0.3, -0.25) is 19.1 Å². The molecular weight excluding hydrogens is 444 g/mol. The molecule has 2 heterocycles. The number of nitrogens with one attached hydrogen (secondary N) is 1. The Hall–Kier alpha value is -2.42. The van der Waals surface area contributed by atoms with Gasteiger partial charge in [-0.25, -0.2) is 0 Å². The van der Waals surface area contributed by atoms with Crippen LogP contribution in [0.4, 0.5) is 0 Å². The highest BCUT2D eigenvalue weighted by atomic mass is 16.2. The molecular formula is C26H44N6O3. The zero-order chi connectivity index (χ0) is 25.7. The number of hydrogen-bond acceptors (Lipinski definition) is 5. The zero-order valence-electron chi connectivity index (χ0n) is 22.5. The molecule has 0 spiro atoms. The molecule has 0 aromatic carbocycles. The Balaban J connectivity index is 1.87. The van der Waals surface area contributed by atoms with E-state index in [4.69, 9.17) is 0 Å². The van der Waals surface area contributed by atoms with Crippen molar-refractivity contribution in [2.45, 2.75) is 65.8 Å². The van der Waals surface area contributed by atoms with Crippen LogP contribution in [0.2, 0.25) is 0 Å². The second kappa shape index (κ2) is 12.0. The molecule has 1 aliphatic heterocycles. The highest BCUT2D eigenvalue weighted by Crippen LogP contribution is 2.27. The third kappa shape index (κ3) is 7.06. The summed E-state index contributed by atoms with van der Waals surface area (Å²) in [5.41, 5.74) is 2.49. The molecule has 2 bridgehead atoms. The second-order valence-corrected chi connectivity index (χ2v) is 11.0. The average molecular weight is 489 g/mol. The predicted octanol–water partition coefficient (Wildman–Crippen LogP) is 1.70. The Morgan fingerprint density at radius 2 is 1.69 bits per heavy atom. The van der Waals surface area contributed by atoms with Crippen LogP contribution in [0.5, 0.6) is 0 Å². The van der Waals surface area contributed by atoms with E-state index in [-0.39, 0.29) is 36.2 Å². The minimum Gasteiger partial charge on any atom is -0.349 e. The van der Waals surface area contributed by atoms with E-state index in [1.807, 2.05) is 18.8 Å². The molecule has 9 nitrogen and oxygen atoms in total. The van der Waals surface area contributed by atoms with Crippen LogP contribution in [0.15, 0.2) is 0 Å². The number of hydrogen-bond donors (Lipinski definition) is 1. The molecule has 1 unspecified atom stereocenters. The monoisotopic (exact) mass is 488 g/mol. The van der Waals surface area contributed by atoms with Crippen molar-refractivity contribution < 1.29 is 14.4 Å². The normalized spacial score (nSPS) is 21.6. The van der Waals surface area contributed by atoms with E-state index in [0.29, 0.717) is 37.5 Å². The lowest BCUT2D eigenvalue weighted by Crippen LogP contribution is -2.47. The third-order valence-electron chi connectivity index (χ3n) is 7.05. The quantitative estimate of drug-likeness (QED) is 0.697. The van der Waals surface area contributed by atoms with E-state index in [1.54, 1.807) is 9.80 Å². The molecule has 3 amide bonds. The van der Waals surface area contributed by atoms with Crippen LogP contribution in [0.3, 0.4) is 0 Å². The van der Waals surface area contributed by atoms with E-state index in [0.717, 1.165) is 50.2 Å². The SMILES string of the molecule is CC(C)CN1CCCC(=O)N(CC(C)C)CC(=O)N(C)C2CCc3c(c(nn3C)C(=O)NCC1)C2. The third-order valence-corrected chi connectivity index (χ3v) is 7.05. The van der Waals surface area contributed by atoms with Gasteiger partial charge in [0.1, 0.15) is 0 Å². The van der Waals surface area contributed by atoms with Crippen LogP contribution < -0.4 is 5.32 Å². The fraction of sp³-hybridized carbons (Fsp3) is 0.769. The lowest BCUT2D eigenvalue weighted by molar-refractivity contribution is -0.141. The van der Waals surface area contributed by atoms with Crippen LogP contribution in [-0.2, 0) is 29.5 Å². The molecule has 0 saturated heterocycles. The molecule has 1 N–H and O–H groups in total. The Bertz CT molecular complexity index is 909. The van der Waals surface area contributed by atoms with Crippen molar-refractivity contribution in [1.29, 1.82) is 0 Å². The molecule has 1 aliphatic carbocycles. The Labute approximate surface area is 210 Å². The number of likely N-dealkylation sites (N-methyl/N-ethyl adjacent to an activating group) is 1. The predicted molar refractivity (Wildman–Crippen MR) is 136 cm³/mol. The number of aromatic nitrogens is 2. The standard InChI is InChI=1S/C26H44N6O3/c1-18(2)15-31-12-7-8-23(33)32(16-19(3)4)17-24(34)29(5)20-9-10-22-21(14-20)25(28-30(22)6)26(35)27-11-13-31/h18-20H,7-17H2,1-6H3,(H,27,35). The minimum absolute atomic E-state index is 0.0148. The number of nitrogens with zero attached hydrogens (tertiary/aromatic N) is 5.